The summed E-state index contributed by atoms with van der Waals surface area (Å²) in [5.74, 6) is -0.541. The van der Waals surface area contributed by atoms with E-state index >= 15 is 0 Å². The number of primary sulfonamides is 1. The van der Waals surface area contributed by atoms with Crippen LogP contribution in [0.3, 0.4) is 0 Å². The zero-order valence-corrected chi connectivity index (χ0v) is 16.2. The van der Waals surface area contributed by atoms with Crippen molar-refractivity contribution in [3.8, 4) is 10.6 Å². The number of hydrogen-bond donors (Lipinski definition) is 2. The number of carbonyl (C=O) groups excluding carboxylic acids is 1. The second kappa shape index (κ2) is 7.93. The van der Waals surface area contributed by atoms with Crippen LogP contribution in [0, 0.1) is 0 Å². The van der Waals surface area contributed by atoms with Gasteiger partial charge >= 0.3 is 6.18 Å². The molecule has 0 unspecified atom stereocenters. The Hall–Kier alpha value is -2.76. The molecule has 0 saturated carbocycles. The number of benzene rings is 2. The molecule has 0 atom stereocenters. The smallest absolute Gasteiger partial charge is 0.347 e. The lowest BCUT2D eigenvalue weighted by Crippen LogP contribution is -2.23. The summed E-state index contributed by atoms with van der Waals surface area (Å²) >= 11 is 1.04. The van der Waals surface area contributed by atoms with E-state index in [9.17, 15) is 26.4 Å². The molecule has 1 amide bonds. The maximum Gasteiger partial charge on any atom is 0.416 e. The number of halogens is 3. The standard InChI is InChI=1S/C18H14F3N3O3S2/c19-18(20,21)13-5-2-4-12(8-13)17-24-15(10-28-17)16(25)23-9-11-3-1-6-14(7-11)29(22,26)27/h1-8,10H,9H2,(H,23,25)(H2,22,26,27). The summed E-state index contributed by atoms with van der Waals surface area (Å²) in [6.07, 6.45) is -4.47. The van der Waals surface area contributed by atoms with Crippen molar-refractivity contribution in [1.29, 1.82) is 0 Å². The van der Waals surface area contributed by atoms with Crippen molar-refractivity contribution < 1.29 is 26.4 Å². The monoisotopic (exact) mass is 441 g/mol. The number of nitrogens with zero attached hydrogens (tertiary/aromatic N) is 1. The maximum absolute atomic E-state index is 12.9. The summed E-state index contributed by atoms with van der Waals surface area (Å²) in [5, 5.41) is 9.37. The first-order valence-corrected chi connectivity index (χ1v) is 10.5. The van der Waals surface area contributed by atoms with Gasteiger partial charge in [-0.05, 0) is 29.8 Å². The predicted octanol–water partition coefficient (Wildman–Crippen LogP) is 3.41. The fraction of sp³-hybridized carbons (Fsp3) is 0.111. The molecule has 3 rings (SSSR count). The van der Waals surface area contributed by atoms with E-state index in [4.69, 9.17) is 5.14 Å². The van der Waals surface area contributed by atoms with Gasteiger partial charge < -0.3 is 5.32 Å². The molecule has 0 saturated heterocycles. The van der Waals surface area contributed by atoms with Crippen LogP contribution in [0.1, 0.15) is 21.6 Å². The lowest BCUT2D eigenvalue weighted by molar-refractivity contribution is -0.137. The fourth-order valence-corrected chi connectivity index (χ4v) is 3.83. The molecule has 0 aliphatic carbocycles. The normalized spacial score (nSPS) is 12.0. The van der Waals surface area contributed by atoms with Gasteiger partial charge in [0.1, 0.15) is 10.7 Å². The van der Waals surface area contributed by atoms with E-state index in [1.807, 2.05) is 0 Å². The molecule has 0 bridgehead atoms. The SMILES string of the molecule is NS(=O)(=O)c1cccc(CNC(=O)c2csc(-c3cccc(C(F)(F)F)c3)n2)c1. The highest BCUT2D eigenvalue weighted by molar-refractivity contribution is 7.89. The third-order valence-corrected chi connectivity index (χ3v) is 5.66. The molecule has 6 nitrogen and oxygen atoms in total. The van der Waals surface area contributed by atoms with Crippen molar-refractivity contribution in [3.05, 3.63) is 70.7 Å². The third kappa shape index (κ3) is 5.19. The predicted molar refractivity (Wildman–Crippen MR) is 102 cm³/mol. The highest BCUT2D eigenvalue weighted by Gasteiger charge is 2.30. The highest BCUT2D eigenvalue weighted by atomic mass is 32.2. The molecule has 0 aliphatic rings. The summed E-state index contributed by atoms with van der Waals surface area (Å²) in [5.41, 5.74) is 0.0129. The van der Waals surface area contributed by atoms with Crippen LogP contribution in [-0.2, 0) is 22.7 Å². The lowest BCUT2D eigenvalue weighted by Gasteiger charge is -2.07. The molecular formula is C18H14F3N3O3S2. The Morgan fingerprint density at radius 3 is 2.55 bits per heavy atom. The van der Waals surface area contributed by atoms with E-state index in [0.717, 1.165) is 23.5 Å². The van der Waals surface area contributed by atoms with Crippen molar-refractivity contribution in [2.75, 3.05) is 0 Å². The van der Waals surface area contributed by atoms with Gasteiger partial charge in [0.25, 0.3) is 5.91 Å². The average molecular weight is 441 g/mol. The van der Waals surface area contributed by atoms with Crippen molar-refractivity contribution >= 4 is 27.3 Å². The first-order chi connectivity index (χ1) is 13.5. The van der Waals surface area contributed by atoms with E-state index in [1.54, 1.807) is 6.07 Å². The van der Waals surface area contributed by atoms with Gasteiger partial charge in [-0.2, -0.15) is 13.2 Å². The molecule has 0 spiro atoms. The fourth-order valence-electron chi connectivity index (χ4n) is 2.44. The van der Waals surface area contributed by atoms with Crippen LogP contribution >= 0.6 is 11.3 Å². The first kappa shape index (κ1) is 21.0. The van der Waals surface area contributed by atoms with Gasteiger partial charge in [-0.1, -0.05) is 24.3 Å². The van der Waals surface area contributed by atoms with Crippen LogP contribution in [-0.4, -0.2) is 19.3 Å². The molecular weight excluding hydrogens is 427 g/mol. The number of aromatic nitrogens is 1. The minimum Gasteiger partial charge on any atom is -0.347 e. The Bertz CT molecular complexity index is 1160. The Balaban J connectivity index is 1.72. The third-order valence-electron chi connectivity index (χ3n) is 3.85. The molecule has 29 heavy (non-hydrogen) atoms. The van der Waals surface area contributed by atoms with Crippen molar-refractivity contribution in [2.24, 2.45) is 5.14 Å². The van der Waals surface area contributed by atoms with Crippen LogP contribution in [0.15, 0.2) is 58.8 Å². The van der Waals surface area contributed by atoms with Gasteiger partial charge in [0.15, 0.2) is 0 Å². The molecule has 1 heterocycles. The van der Waals surface area contributed by atoms with Gasteiger partial charge in [0.05, 0.1) is 10.5 Å². The van der Waals surface area contributed by atoms with Crippen LogP contribution in [0.25, 0.3) is 10.6 Å². The van der Waals surface area contributed by atoms with Crippen molar-refractivity contribution in [1.82, 2.24) is 10.3 Å². The molecule has 3 N–H and O–H groups in total. The molecule has 1 aromatic heterocycles. The van der Waals surface area contributed by atoms with Crippen molar-refractivity contribution in [2.45, 2.75) is 17.6 Å². The van der Waals surface area contributed by atoms with Gasteiger partial charge in [-0.25, -0.2) is 18.5 Å². The average Bonchev–Trinajstić information content (AvgIpc) is 3.15. The number of alkyl halides is 3. The number of nitrogens with one attached hydrogen (secondary N) is 1. The van der Waals surface area contributed by atoms with Crippen molar-refractivity contribution in [3.63, 3.8) is 0 Å². The first-order valence-electron chi connectivity index (χ1n) is 8.07. The minimum atomic E-state index is -4.47. The summed E-state index contributed by atoms with van der Waals surface area (Å²) in [4.78, 5) is 16.3. The minimum absolute atomic E-state index is 0.0264. The Morgan fingerprint density at radius 2 is 1.86 bits per heavy atom. The van der Waals surface area contributed by atoms with Crippen LogP contribution in [0.5, 0.6) is 0 Å². The summed E-state index contributed by atoms with van der Waals surface area (Å²) in [6, 6.07) is 10.5. The quantitative estimate of drug-likeness (QED) is 0.633. The topological polar surface area (TPSA) is 102 Å². The van der Waals surface area contributed by atoms with E-state index in [1.165, 1.54) is 35.7 Å². The molecule has 2 aromatic carbocycles. The lowest BCUT2D eigenvalue weighted by atomic mass is 10.1. The molecule has 11 heteroatoms. The zero-order chi connectivity index (χ0) is 21.2. The number of nitrogens with two attached hydrogens (primary N) is 1. The van der Waals surface area contributed by atoms with Crippen LogP contribution in [0.2, 0.25) is 0 Å². The number of sulfonamides is 1. The zero-order valence-electron chi connectivity index (χ0n) is 14.6. The summed E-state index contributed by atoms with van der Waals surface area (Å²) < 4.78 is 61.3. The Morgan fingerprint density at radius 1 is 1.14 bits per heavy atom. The molecule has 3 aromatic rings. The second-order valence-corrected chi connectivity index (χ2v) is 8.41. The number of rotatable bonds is 5. The van der Waals surface area contributed by atoms with Gasteiger partial charge in [-0.3, -0.25) is 4.79 Å². The molecule has 0 radical (unpaired) electrons. The Kier molecular flexibility index (Phi) is 5.73. The van der Waals surface area contributed by atoms with E-state index in [-0.39, 0.29) is 27.7 Å². The number of amides is 1. The largest absolute Gasteiger partial charge is 0.416 e. The molecule has 0 aliphatic heterocycles. The van der Waals surface area contributed by atoms with E-state index < -0.39 is 27.7 Å². The van der Waals surface area contributed by atoms with E-state index in [0.29, 0.717) is 5.56 Å². The van der Waals surface area contributed by atoms with E-state index in [2.05, 4.69) is 10.3 Å². The Labute approximate surface area is 168 Å². The number of thiazole rings is 1. The number of hydrogen-bond acceptors (Lipinski definition) is 5. The summed E-state index contributed by atoms with van der Waals surface area (Å²) in [6.45, 7) is 0.0264. The highest BCUT2D eigenvalue weighted by Crippen LogP contribution is 2.33. The van der Waals surface area contributed by atoms with Crippen LogP contribution in [0.4, 0.5) is 13.2 Å². The van der Waals surface area contributed by atoms with Gasteiger partial charge in [0, 0.05) is 17.5 Å². The van der Waals surface area contributed by atoms with Gasteiger partial charge in [0.2, 0.25) is 10.0 Å². The van der Waals surface area contributed by atoms with Gasteiger partial charge in [-0.15, -0.1) is 11.3 Å². The van der Waals surface area contributed by atoms with Crippen LogP contribution < -0.4 is 10.5 Å². The molecule has 152 valence electrons. The maximum atomic E-state index is 12.9. The summed E-state index contributed by atoms with van der Waals surface area (Å²) in [7, 11) is -3.86. The second-order valence-electron chi connectivity index (χ2n) is 5.99. The molecule has 0 fully saturated rings. The number of carbonyl (C=O) groups is 1.